The van der Waals surface area contributed by atoms with E-state index in [2.05, 4.69) is 0 Å². The summed E-state index contributed by atoms with van der Waals surface area (Å²) in [5, 5.41) is 18.5. The number of nitrogens with zero attached hydrogens (tertiary/aromatic N) is 1. The molecule has 19 heavy (non-hydrogen) atoms. The molecule has 1 aliphatic rings. The molecule has 1 aromatic rings. The molecule has 0 saturated carbocycles. The molecule has 1 amide bonds. The first-order valence-electron chi connectivity index (χ1n) is 6.29. The monoisotopic (exact) mass is 263 g/mol. The van der Waals surface area contributed by atoms with E-state index in [-0.39, 0.29) is 12.5 Å². The van der Waals surface area contributed by atoms with Crippen LogP contribution in [0.1, 0.15) is 29.9 Å². The Morgan fingerprint density at radius 2 is 1.84 bits per heavy atom. The highest BCUT2D eigenvalue weighted by Gasteiger charge is 2.40. The van der Waals surface area contributed by atoms with Crippen LogP contribution in [0.4, 0.5) is 4.79 Å². The third-order valence-corrected chi connectivity index (χ3v) is 3.64. The maximum atomic E-state index is 11.4. The standard InChI is InChI=1S/C14H17NO4/c1-9-4-6-10(7-5-9)11-3-2-8-15(14(18)19)12(11)13(16)17/h4-7,11-12H,2-3,8H2,1H3,(H,16,17)(H,18,19)/t11-,12+/m0/s1. The van der Waals surface area contributed by atoms with Crippen molar-refractivity contribution in [2.45, 2.75) is 31.7 Å². The van der Waals surface area contributed by atoms with E-state index in [9.17, 15) is 14.7 Å². The molecule has 0 aromatic heterocycles. The van der Waals surface area contributed by atoms with Crippen molar-refractivity contribution < 1.29 is 19.8 Å². The van der Waals surface area contributed by atoms with E-state index in [1.165, 1.54) is 0 Å². The van der Waals surface area contributed by atoms with Gasteiger partial charge in [-0.05, 0) is 25.3 Å². The van der Waals surface area contributed by atoms with Crippen LogP contribution in [-0.4, -0.2) is 39.8 Å². The van der Waals surface area contributed by atoms with Crippen molar-refractivity contribution in [1.29, 1.82) is 0 Å². The van der Waals surface area contributed by atoms with Crippen molar-refractivity contribution >= 4 is 12.1 Å². The number of carbonyl (C=O) groups is 2. The first-order chi connectivity index (χ1) is 9.00. The van der Waals surface area contributed by atoms with Gasteiger partial charge in [-0.3, -0.25) is 4.90 Å². The lowest BCUT2D eigenvalue weighted by Gasteiger charge is -2.37. The highest BCUT2D eigenvalue weighted by molar-refractivity contribution is 5.80. The van der Waals surface area contributed by atoms with Crippen molar-refractivity contribution in [2.75, 3.05) is 6.54 Å². The first-order valence-corrected chi connectivity index (χ1v) is 6.29. The minimum Gasteiger partial charge on any atom is -0.480 e. The Balaban J connectivity index is 2.33. The average Bonchev–Trinajstić information content (AvgIpc) is 2.38. The number of carboxylic acid groups (broad SMARTS) is 2. The molecule has 0 aliphatic carbocycles. The van der Waals surface area contributed by atoms with Crippen molar-refractivity contribution in [2.24, 2.45) is 0 Å². The summed E-state index contributed by atoms with van der Waals surface area (Å²) in [5.74, 6) is -1.35. The lowest BCUT2D eigenvalue weighted by Crippen LogP contribution is -2.51. The summed E-state index contributed by atoms with van der Waals surface area (Å²) >= 11 is 0. The largest absolute Gasteiger partial charge is 0.480 e. The lowest BCUT2D eigenvalue weighted by molar-refractivity contribution is -0.144. The maximum Gasteiger partial charge on any atom is 0.408 e. The molecule has 0 radical (unpaired) electrons. The van der Waals surface area contributed by atoms with Crippen LogP contribution in [0.2, 0.25) is 0 Å². The van der Waals surface area contributed by atoms with Gasteiger partial charge < -0.3 is 10.2 Å². The minimum atomic E-state index is -1.16. The van der Waals surface area contributed by atoms with Gasteiger partial charge in [-0.25, -0.2) is 9.59 Å². The summed E-state index contributed by atoms with van der Waals surface area (Å²) < 4.78 is 0. The van der Waals surface area contributed by atoms with E-state index >= 15 is 0 Å². The summed E-state index contributed by atoms with van der Waals surface area (Å²) in [6.07, 6.45) is 0.225. The molecule has 1 heterocycles. The van der Waals surface area contributed by atoms with E-state index in [0.717, 1.165) is 16.0 Å². The molecular weight excluding hydrogens is 246 g/mol. The molecule has 0 unspecified atom stereocenters. The van der Waals surface area contributed by atoms with Gasteiger partial charge in [0.1, 0.15) is 6.04 Å². The summed E-state index contributed by atoms with van der Waals surface area (Å²) in [6, 6.07) is 6.64. The van der Waals surface area contributed by atoms with Gasteiger partial charge in [0.25, 0.3) is 0 Å². The molecule has 1 aromatic carbocycles. The van der Waals surface area contributed by atoms with Crippen molar-refractivity contribution in [3.63, 3.8) is 0 Å². The van der Waals surface area contributed by atoms with E-state index in [4.69, 9.17) is 5.11 Å². The number of aryl methyl sites for hydroxylation is 1. The number of benzene rings is 1. The summed E-state index contributed by atoms with van der Waals surface area (Å²) in [6.45, 7) is 2.25. The van der Waals surface area contributed by atoms with Crippen LogP contribution in [-0.2, 0) is 4.79 Å². The molecule has 2 N–H and O–H groups in total. The van der Waals surface area contributed by atoms with Crippen LogP contribution < -0.4 is 0 Å². The maximum absolute atomic E-state index is 11.4. The Morgan fingerprint density at radius 3 is 2.37 bits per heavy atom. The van der Waals surface area contributed by atoms with Gasteiger partial charge in [0.15, 0.2) is 0 Å². The van der Waals surface area contributed by atoms with Crippen molar-refractivity contribution in [1.82, 2.24) is 4.90 Å². The number of rotatable bonds is 2. The normalized spacial score (nSPS) is 23.1. The third kappa shape index (κ3) is 2.70. The number of hydrogen-bond donors (Lipinski definition) is 2. The van der Waals surface area contributed by atoms with Crippen LogP contribution in [0.25, 0.3) is 0 Å². The second-order valence-corrected chi connectivity index (χ2v) is 4.92. The molecule has 1 fully saturated rings. The van der Waals surface area contributed by atoms with Crippen LogP contribution in [0, 0.1) is 6.92 Å². The number of piperidine rings is 1. The zero-order chi connectivity index (χ0) is 14.0. The Hall–Kier alpha value is -2.04. The minimum absolute atomic E-state index is 0.275. The molecule has 2 rings (SSSR count). The van der Waals surface area contributed by atoms with Crippen molar-refractivity contribution in [3.8, 4) is 0 Å². The molecule has 1 aliphatic heterocycles. The quantitative estimate of drug-likeness (QED) is 0.858. The summed E-state index contributed by atoms with van der Waals surface area (Å²) in [5.41, 5.74) is 1.99. The van der Waals surface area contributed by atoms with E-state index in [0.29, 0.717) is 12.8 Å². The topological polar surface area (TPSA) is 77.8 Å². The zero-order valence-electron chi connectivity index (χ0n) is 10.7. The van der Waals surface area contributed by atoms with Gasteiger partial charge in [-0.2, -0.15) is 0 Å². The molecule has 102 valence electrons. The Morgan fingerprint density at radius 1 is 1.21 bits per heavy atom. The Bertz CT molecular complexity index is 483. The summed E-state index contributed by atoms with van der Waals surface area (Å²) in [4.78, 5) is 23.6. The van der Waals surface area contributed by atoms with Gasteiger partial charge in [-0.15, -0.1) is 0 Å². The van der Waals surface area contributed by atoms with Gasteiger partial charge in [-0.1, -0.05) is 29.8 Å². The first kappa shape index (κ1) is 13.4. The number of likely N-dealkylation sites (tertiary alicyclic amines) is 1. The molecule has 2 atom stereocenters. The molecule has 1 saturated heterocycles. The molecule has 5 heteroatoms. The number of amides is 1. The Kier molecular flexibility index (Phi) is 3.74. The second-order valence-electron chi connectivity index (χ2n) is 4.92. The van der Waals surface area contributed by atoms with Crippen molar-refractivity contribution in [3.05, 3.63) is 35.4 Å². The molecule has 5 nitrogen and oxygen atoms in total. The fourth-order valence-corrected chi connectivity index (χ4v) is 2.68. The summed E-state index contributed by atoms with van der Waals surface area (Å²) in [7, 11) is 0. The predicted molar refractivity (Wildman–Crippen MR) is 69.3 cm³/mol. The third-order valence-electron chi connectivity index (χ3n) is 3.64. The number of carboxylic acids is 1. The van der Waals surface area contributed by atoms with Gasteiger partial charge in [0.2, 0.25) is 0 Å². The lowest BCUT2D eigenvalue weighted by atomic mass is 9.83. The molecular formula is C14H17NO4. The zero-order valence-corrected chi connectivity index (χ0v) is 10.7. The smallest absolute Gasteiger partial charge is 0.408 e. The Labute approximate surface area is 111 Å². The molecule has 0 bridgehead atoms. The van der Waals surface area contributed by atoms with E-state index in [1.54, 1.807) is 0 Å². The average molecular weight is 263 g/mol. The van der Waals surface area contributed by atoms with Gasteiger partial charge in [0, 0.05) is 12.5 Å². The van der Waals surface area contributed by atoms with Crippen LogP contribution in [0.15, 0.2) is 24.3 Å². The number of hydrogen-bond acceptors (Lipinski definition) is 2. The van der Waals surface area contributed by atoms with E-state index in [1.807, 2.05) is 31.2 Å². The van der Waals surface area contributed by atoms with Crippen LogP contribution in [0.5, 0.6) is 0 Å². The number of aliphatic carboxylic acids is 1. The van der Waals surface area contributed by atoms with Gasteiger partial charge >= 0.3 is 12.1 Å². The second kappa shape index (κ2) is 5.30. The van der Waals surface area contributed by atoms with Crippen LogP contribution >= 0.6 is 0 Å². The highest BCUT2D eigenvalue weighted by atomic mass is 16.4. The fraction of sp³-hybridized carbons (Fsp3) is 0.429. The fourth-order valence-electron chi connectivity index (χ4n) is 2.68. The highest BCUT2D eigenvalue weighted by Crippen LogP contribution is 2.33. The predicted octanol–water partition coefficient (Wildman–Crippen LogP) is 2.31. The molecule has 0 spiro atoms. The van der Waals surface area contributed by atoms with Gasteiger partial charge in [0.05, 0.1) is 0 Å². The SMILES string of the molecule is Cc1ccc([C@@H]2CCCN(C(=O)O)[C@H]2C(=O)O)cc1. The van der Waals surface area contributed by atoms with E-state index < -0.39 is 18.1 Å². The van der Waals surface area contributed by atoms with Crippen LogP contribution in [0.3, 0.4) is 0 Å².